The standard InChI is InChI=1S/C30H35N3O2S/c1-20(2)19-33-28(26-13-8-18-36-26)27(23-10-5-6-11-24(23)29(33)34)30(35)32-16-14-31(15-17-32)25-12-7-9-21(3)22(25)4/h5-13,18,20,27-28H,14-17,19H2,1-4H3/t27-,28-/m1/s1. The first-order valence-electron chi connectivity index (χ1n) is 12.9. The van der Waals surface area contributed by atoms with Gasteiger partial charge in [0.05, 0.1) is 12.0 Å². The number of carbonyl (C=O) groups is 2. The van der Waals surface area contributed by atoms with Gasteiger partial charge in [0.2, 0.25) is 5.91 Å². The van der Waals surface area contributed by atoms with E-state index in [1.54, 1.807) is 11.3 Å². The average Bonchev–Trinajstić information content (AvgIpc) is 3.41. The van der Waals surface area contributed by atoms with Gasteiger partial charge >= 0.3 is 0 Å². The third kappa shape index (κ3) is 4.43. The first-order valence-corrected chi connectivity index (χ1v) is 13.8. The molecule has 0 saturated carbocycles. The predicted octanol–water partition coefficient (Wildman–Crippen LogP) is 5.65. The summed E-state index contributed by atoms with van der Waals surface area (Å²) in [4.78, 5) is 35.4. The molecular weight excluding hydrogens is 466 g/mol. The molecule has 0 radical (unpaired) electrons. The molecule has 188 valence electrons. The molecule has 1 aromatic heterocycles. The van der Waals surface area contributed by atoms with Gasteiger partial charge in [-0.05, 0) is 60.0 Å². The third-order valence-electron chi connectivity index (χ3n) is 7.61. The summed E-state index contributed by atoms with van der Waals surface area (Å²) in [5, 5.41) is 2.04. The van der Waals surface area contributed by atoms with E-state index >= 15 is 0 Å². The lowest BCUT2D eigenvalue weighted by Gasteiger charge is -2.45. The van der Waals surface area contributed by atoms with Gasteiger partial charge in [0.1, 0.15) is 0 Å². The SMILES string of the molecule is Cc1cccc(N2CCN(C(=O)[C@@H]3c4ccccc4C(=O)N(CC(C)C)[C@@H]3c3cccs3)CC2)c1C. The van der Waals surface area contributed by atoms with Crippen LogP contribution >= 0.6 is 11.3 Å². The number of hydrogen-bond acceptors (Lipinski definition) is 4. The summed E-state index contributed by atoms with van der Waals surface area (Å²) >= 11 is 1.63. The number of hydrogen-bond donors (Lipinski definition) is 0. The molecule has 2 amide bonds. The Labute approximate surface area is 218 Å². The highest BCUT2D eigenvalue weighted by Gasteiger charge is 2.46. The Bertz CT molecular complexity index is 1240. The number of thiophene rings is 1. The summed E-state index contributed by atoms with van der Waals surface area (Å²) in [7, 11) is 0. The van der Waals surface area contributed by atoms with Gasteiger partial charge in [-0.15, -0.1) is 11.3 Å². The smallest absolute Gasteiger partial charge is 0.254 e. The van der Waals surface area contributed by atoms with Crippen molar-refractivity contribution in [2.75, 3.05) is 37.6 Å². The molecule has 0 N–H and O–H groups in total. The molecule has 0 unspecified atom stereocenters. The molecule has 1 saturated heterocycles. The van der Waals surface area contributed by atoms with Crippen molar-refractivity contribution < 1.29 is 9.59 Å². The number of carbonyl (C=O) groups excluding carboxylic acids is 2. The van der Waals surface area contributed by atoms with Gasteiger partial charge in [-0.25, -0.2) is 0 Å². The fourth-order valence-corrected chi connectivity index (χ4v) is 6.55. The highest BCUT2D eigenvalue weighted by molar-refractivity contribution is 7.10. The van der Waals surface area contributed by atoms with Gasteiger partial charge in [-0.3, -0.25) is 9.59 Å². The molecule has 2 atom stereocenters. The molecule has 2 aromatic carbocycles. The van der Waals surface area contributed by atoms with Crippen molar-refractivity contribution in [1.29, 1.82) is 0 Å². The number of benzene rings is 2. The first kappa shape index (κ1) is 24.6. The highest BCUT2D eigenvalue weighted by atomic mass is 32.1. The zero-order valence-electron chi connectivity index (χ0n) is 21.6. The molecule has 0 spiro atoms. The van der Waals surface area contributed by atoms with Crippen LogP contribution in [-0.2, 0) is 4.79 Å². The van der Waals surface area contributed by atoms with E-state index in [9.17, 15) is 9.59 Å². The first-order chi connectivity index (χ1) is 17.4. The molecule has 3 aromatic rings. The van der Waals surface area contributed by atoms with E-state index in [-0.39, 0.29) is 17.9 Å². The maximum atomic E-state index is 14.3. The van der Waals surface area contributed by atoms with Crippen LogP contribution in [0.2, 0.25) is 0 Å². The Morgan fingerprint density at radius 3 is 2.42 bits per heavy atom. The molecule has 5 nitrogen and oxygen atoms in total. The van der Waals surface area contributed by atoms with Crippen LogP contribution in [0.15, 0.2) is 60.0 Å². The minimum Gasteiger partial charge on any atom is -0.368 e. The summed E-state index contributed by atoms with van der Waals surface area (Å²) in [5.74, 6) is 0.0614. The number of piperazine rings is 1. The minimum atomic E-state index is -0.399. The average molecular weight is 502 g/mol. The fourth-order valence-electron chi connectivity index (χ4n) is 5.67. The van der Waals surface area contributed by atoms with Crippen LogP contribution in [0.4, 0.5) is 5.69 Å². The van der Waals surface area contributed by atoms with Crippen LogP contribution in [0, 0.1) is 19.8 Å². The van der Waals surface area contributed by atoms with Gasteiger partial charge in [-0.2, -0.15) is 0 Å². The van der Waals surface area contributed by atoms with E-state index in [0.29, 0.717) is 31.1 Å². The molecule has 5 rings (SSSR count). The van der Waals surface area contributed by atoms with Crippen molar-refractivity contribution in [1.82, 2.24) is 9.80 Å². The summed E-state index contributed by atoms with van der Waals surface area (Å²) in [6.07, 6.45) is 0. The van der Waals surface area contributed by atoms with Crippen molar-refractivity contribution >= 4 is 28.8 Å². The second kappa shape index (κ2) is 10.1. The maximum absolute atomic E-state index is 14.3. The Morgan fingerprint density at radius 1 is 0.972 bits per heavy atom. The topological polar surface area (TPSA) is 43.9 Å². The lowest BCUT2D eigenvalue weighted by atomic mass is 9.80. The zero-order chi connectivity index (χ0) is 25.4. The summed E-state index contributed by atoms with van der Waals surface area (Å²) in [6.45, 7) is 12.2. The highest BCUT2D eigenvalue weighted by Crippen LogP contribution is 2.45. The van der Waals surface area contributed by atoms with Crippen molar-refractivity contribution in [2.45, 2.75) is 39.7 Å². The number of nitrogens with zero attached hydrogens (tertiary/aromatic N) is 3. The summed E-state index contributed by atoms with van der Waals surface area (Å²) in [5.41, 5.74) is 5.38. The lowest BCUT2D eigenvalue weighted by Crippen LogP contribution is -2.53. The molecule has 0 aliphatic carbocycles. The lowest BCUT2D eigenvalue weighted by molar-refractivity contribution is -0.135. The van der Waals surface area contributed by atoms with E-state index in [1.807, 2.05) is 45.5 Å². The predicted molar refractivity (Wildman–Crippen MR) is 147 cm³/mol. The molecule has 6 heteroatoms. The largest absolute Gasteiger partial charge is 0.368 e. The van der Waals surface area contributed by atoms with Crippen LogP contribution < -0.4 is 4.90 Å². The summed E-state index contributed by atoms with van der Waals surface area (Å²) < 4.78 is 0. The fraction of sp³-hybridized carbons (Fsp3) is 0.400. The van der Waals surface area contributed by atoms with Gasteiger partial charge in [0, 0.05) is 48.9 Å². The molecule has 2 aliphatic heterocycles. The van der Waals surface area contributed by atoms with E-state index in [1.165, 1.54) is 16.8 Å². The van der Waals surface area contributed by atoms with Crippen molar-refractivity contribution in [3.05, 3.63) is 87.1 Å². The number of anilines is 1. The Morgan fingerprint density at radius 2 is 1.72 bits per heavy atom. The van der Waals surface area contributed by atoms with E-state index in [4.69, 9.17) is 0 Å². The maximum Gasteiger partial charge on any atom is 0.254 e. The van der Waals surface area contributed by atoms with Crippen LogP contribution in [0.5, 0.6) is 0 Å². The van der Waals surface area contributed by atoms with Gasteiger partial charge in [0.25, 0.3) is 5.91 Å². The Hall–Kier alpha value is -3.12. The normalized spacial score (nSPS) is 20.1. The van der Waals surface area contributed by atoms with Crippen LogP contribution in [0.3, 0.4) is 0 Å². The number of aryl methyl sites for hydroxylation is 1. The van der Waals surface area contributed by atoms with Gasteiger partial charge < -0.3 is 14.7 Å². The molecule has 2 aliphatic rings. The van der Waals surface area contributed by atoms with E-state index in [2.05, 4.69) is 56.9 Å². The second-order valence-corrected chi connectivity index (χ2v) is 11.4. The molecule has 1 fully saturated rings. The quantitative estimate of drug-likeness (QED) is 0.454. The molecular formula is C30H35N3O2S. The van der Waals surface area contributed by atoms with Gasteiger partial charge in [0.15, 0.2) is 0 Å². The Balaban J connectivity index is 1.47. The van der Waals surface area contributed by atoms with Crippen molar-refractivity contribution in [3.8, 4) is 0 Å². The Kier molecular flexibility index (Phi) is 6.89. The summed E-state index contributed by atoms with van der Waals surface area (Å²) in [6, 6.07) is 18.0. The zero-order valence-corrected chi connectivity index (χ0v) is 22.4. The van der Waals surface area contributed by atoms with Crippen LogP contribution in [-0.4, -0.2) is 54.3 Å². The van der Waals surface area contributed by atoms with E-state index < -0.39 is 5.92 Å². The van der Waals surface area contributed by atoms with Crippen molar-refractivity contribution in [3.63, 3.8) is 0 Å². The number of amides is 2. The van der Waals surface area contributed by atoms with E-state index in [0.717, 1.165) is 23.5 Å². The third-order valence-corrected chi connectivity index (χ3v) is 8.55. The molecule has 3 heterocycles. The molecule has 0 bridgehead atoms. The number of fused-ring (bicyclic) bond motifs is 1. The molecule has 36 heavy (non-hydrogen) atoms. The van der Waals surface area contributed by atoms with Gasteiger partial charge in [-0.1, -0.05) is 50.2 Å². The minimum absolute atomic E-state index is 0.0292. The second-order valence-electron chi connectivity index (χ2n) is 10.4. The van der Waals surface area contributed by atoms with Crippen LogP contribution in [0.1, 0.15) is 57.7 Å². The number of rotatable bonds is 5. The van der Waals surface area contributed by atoms with Crippen molar-refractivity contribution in [2.24, 2.45) is 5.92 Å². The monoisotopic (exact) mass is 501 g/mol. The van der Waals surface area contributed by atoms with Crippen LogP contribution in [0.25, 0.3) is 0 Å².